The van der Waals surface area contributed by atoms with E-state index >= 15 is 0 Å². The molecular weight excluding hydrogens is 396 g/mol. The van der Waals surface area contributed by atoms with Crippen molar-refractivity contribution in [3.05, 3.63) is 24.5 Å². The first-order chi connectivity index (χ1) is 13.7. The number of piperidine rings is 1. The van der Waals surface area contributed by atoms with E-state index in [2.05, 4.69) is 15.2 Å². The Morgan fingerprint density at radius 1 is 1.24 bits per heavy atom. The molecule has 0 unspecified atom stereocenters. The van der Waals surface area contributed by atoms with Crippen LogP contribution < -0.4 is 5.32 Å². The average molecular weight is 427 g/mol. The van der Waals surface area contributed by atoms with Gasteiger partial charge in [0.1, 0.15) is 12.3 Å². The van der Waals surface area contributed by atoms with Crippen LogP contribution in [0.5, 0.6) is 0 Å². The predicted octanol–water partition coefficient (Wildman–Crippen LogP) is 0.935. The number of hydrogen-bond donors (Lipinski definition) is 3. The molecule has 0 spiro atoms. The standard InChI is InChI=1S/C19H30N4O5S/c1-29(27,28)23(14-18(24)25)19(26)8-2-17(3-9-19)22-12-6-16(7-13-22)21-15-4-10-20-11-5-15/h4-5,10-11,16-17,26H,2-3,6-9,12-14H2,1H3,(H,20,21)(H,24,25). The number of likely N-dealkylation sites (tertiary alicyclic amines) is 1. The summed E-state index contributed by atoms with van der Waals surface area (Å²) in [5.74, 6) is -1.27. The summed E-state index contributed by atoms with van der Waals surface area (Å²) in [6.07, 6.45) is 8.28. The maximum Gasteiger partial charge on any atom is 0.318 e. The molecule has 1 aliphatic heterocycles. The molecule has 10 heteroatoms. The Bertz CT molecular complexity index is 788. The van der Waals surface area contributed by atoms with Crippen LogP contribution in [-0.2, 0) is 14.8 Å². The average Bonchev–Trinajstić information content (AvgIpc) is 2.67. The maximum absolute atomic E-state index is 12.0. The van der Waals surface area contributed by atoms with E-state index in [1.165, 1.54) is 0 Å². The van der Waals surface area contributed by atoms with Gasteiger partial charge in [-0.2, -0.15) is 4.31 Å². The Kier molecular flexibility index (Phi) is 6.77. The molecule has 0 atom stereocenters. The Labute approximate surface area is 171 Å². The van der Waals surface area contributed by atoms with Gasteiger partial charge in [-0.15, -0.1) is 0 Å². The fraction of sp³-hybridized carbons (Fsp3) is 0.684. The Balaban J connectivity index is 1.52. The molecule has 1 aromatic rings. The van der Waals surface area contributed by atoms with Crippen molar-refractivity contribution in [3.8, 4) is 0 Å². The first kappa shape index (κ1) is 21.9. The highest BCUT2D eigenvalue weighted by atomic mass is 32.2. The predicted molar refractivity (Wildman–Crippen MR) is 109 cm³/mol. The van der Waals surface area contributed by atoms with E-state index in [9.17, 15) is 18.3 Å². The lowest BCUT2D eigenvalue weighted by molar-refractivity contribution is -0.146. The number of nitrogens with one attached hydrogen (secondary N) is 1. The maximum atomic E-state index is 12.0. The third-order valence-corrected chi connectivity index (χ3v) is 7.27. The van der Waals surface area contributed by atoms with Gasteiger partial charge in [0.05, 0.1) is 6.26 Å². The van der Waals surface area contributed by atoms with E-state index < -0.39 is 28.3 Å². The summed E-state index contributed by atoms with van der Waals surface area (Å²) in [6, 6.07) is 4.60. The molecule has 29 heavy (non-hydrogen) atoms. The van der Waals surface area contributed by atoms with E-state index in [0.29, 0.717) is 18.9 Å². The van der Waals surface area contributed by atoms with E-state index in [0.717, 1.165) is 42.2 Å². The van der Waals surface area contributed by atoms with Crippen molar-refractivity contribution < 1.29 is 23.4 Å². The fourth-order valence-electron chi connectivity index (χ4n) is 4.47. The zero-order chi connectivity index (χ0) is 21.1. The van der Waals surface area contributed by atoms with Crippen LogP contribution in [0.25, 0.3) is 0 Å². The summed E-state index contributed by atoms with van der Waals surface area (Å²) >= 11 is 0. The molecule has 3 N–H and O–H groups in total. The number of nitrogens with zero attached hydrogens (tertiary/aromatic N) is 3. The number of anilines is 1. The molecule has 0 amide bonds. The molecule has 0 bridgehead atoms. The summed E-state index contributed by atoms with van der Waals surface area (Å²) in [4.78, 5) is 17.5. The second-order valence-electron chi connectivity index (χ2n) is 8.07. The number of hydrogen-bond acceptors (Lipinski definition) is 7. The molecule has 3 rings (SSSR count). The normalized spacial score (nSPS) is 27.1. The van der Waals surface area contributed by atoms with Gasteiger partial charge in [0.2, 0.25) is 10.0 Å². The Hall–Kier alpha value is -1.75. The van der Waals surface area contributed by atoms with Crippen LogP contribution in [0.3, 0.4) is 0 Å². The summed E-state index contributed by atoms with van der Waals surface area (Å²) in [6.45, 7) is 1.17. The highest BCUT2D eigenvalue weighted by Gasteiger charge is 2.45. The molecule has 2 heterocycles. The number of carboxylic acid groups (broad SMARTS) is 1. The topological polar surface area (TPSA) is 123 Å². The molecule has 2 aliphatic rings. The lowest BCUT2D eigenvalue weighted by Crippen LogP contribution is -2.57. The molecule has 0 radical (unpaired) electrons. The number of aliphatic carboxylic acids is 1. The van der Waals surface area contributed by atoms with Gasteiger partial charge in [0.15, 0.2) is 0 Å². The second-order valence-corrected chi connectivity index (χ2v) is 9.97. The molecule has 162 valence electrons. The number of aliphatic hydroxyl groups is 1. The van der Waals surface area contributed by atoms with Gasteiger partial charge in [0, 0.05) is 43.3 Å². The van der Waals surface area contributed by atoms with Crippen LogP contribution in [0.4, 0.5) is 5.69 Å². The van der Waals surface area contributed by atoms with Gasteiger partial charge in [0.25, 0.3) is 0 Å². The van der Waals surface area contributed by atoms with Crippen molar-refractivity contribution >= 4 is 21.7 Å². The summed E-state index contributed by atoms with van der Waals surface area (Å²) in [5.41, 5.74) is -0.551. The molecule has 1 aromatic heterocycles. The van der Waals surface area contributed by atoms with E-state index in [4.69, 9.17) is 5.11 Å². The number of carbonyl (C=O) groups is 1. The number of carboxylic acids is 1. The van der Waals surface area contributed by atoms with Crippen LogP contribution in [0.15, 0.2) is 24.5 Å². The molecule has 1 saturated heterocycles. The SMILES string of the molecule is CS(=O)(=O)N(CC(=O)O)C1(O)CCC(N2CCC(Nc3ccncc3)CC2)CC1. The Morgan fingerprint density at radius 2 is 1.83 bits per heavy atom. The highest BCUT2D eigenvalue weighted by molar-refractivity contribution is 7.88. The lowest BCUT2D eigenvalue weighted by atomic mass is 9.86. The third-order valence-electron chi connectivity index (χ3n) is 6.00. The molecule has 1 aliphatic carbocycles. The van der Waals surface area contributed by atoms with Gasteiger partial charge in [-0.3, -0.25) is 9.78 Å². The van der Waals surface area contributed by atoms with Crippen LogP contribution >= 0.6 is 0 Å². The second kappa shape index (κ2) is 8.95. The zero-order valence-corrected chi connectivity index (χ0v) is 17.5. The van der Waals surface area contributed by atoms with E-state index in [1.807, 2.05) is 12.1 Å². The van der Waals surface area contributed by atoms with Crippen molar-refractivity contribution in [2.45, 2.75) is 56.3 Å². The summed E-state index contributed by atoms with van der Waals surface area (Å²) in [5, 5.41) is 23.5. The van der Waals surface area contributed by atoms with Crippen molar-refractivity contribution in [2.24, 2.45) is 0 Å². The zero-order valence-electron chi connectivity index (χ0n) is 16.7. The van der Waals surface area contributed by atoms with Crippen LogP contribution in [0.2, 0.25) is 0 Å². The summed E-state index contributed by atoms with van der Waals surface area (Å²) in [7, 11) is -3.82. The van der Waals surface area contributed by atoms with Gasteiger partial charge < -0.3 is 20.4 Å². The molecule has 1 saturated carbocycles. The largest absolute Gasteiger partial charge is 0.480 e. The third kappa shape index (κ3) is 5.65. The minimum Gasteiger partial charge on any atom is -0.480 e. The number of aromatic nitrogens is 1. The van der Waals surface area contributed by atoms with Crippen LogP contribution in [-0.4, -0.2) is 82.5 Å². The van der Waals surface area contributed by atoms with Gasteiger partial charge in [-0.1, -0.05) is 0 Å². The number of sulfonamides is 1. The van der Waals surface area contributed by atoms with Crippen molar-refractivity contribution in [3.63, 3.8) is 0 Å². The monoisotopic (exact) mass is 426 g/mol. The molecule has 2 fully saturated rings. The highest BCUT2D eigenvalue weighted by Crippen LogP contribution is 2.36. The smallest absolute Gasteiger partial charge is 0.318 e. The van der Waals surface area contributed by atoms with Crippen LogP contribution in [0.1, 0.15) is 38.5 Å². The van der Waals surface area contributed by atoms with E-state index in [1.54, 1.807) is 12.4 Å². The lowest BCUT2D eigenvalue weighted by Gasteiger charge is -2.46. The minimum atomic E-state index is -3.82. The van der Waals surface area contributed by atoms with Gasteiger partial charge in [-0.25, -0.2) is 8.42 Å². The van der Waals surface area contributed by atoms with Gasteiger partial charge >= 0.3 is 5.97 Å². The first-order valence-corrected chi connectivity index (χ1v) is 11.8. The van der Waals surface area contributed by atoms with Crippen molar-refractivity contribution in [2.75, 3.05) is 31.2 Å². The quantitative estimate of drug-likeness (QED) is 0.551. The first-order valence-electron chi connectivity index (χ1n) is 10.00. The fourth-order valence-corrected chi connectivity index (χ4v) is 5.61. The number of rotatable bonds is 7. The number of pyridine rings is 1. The Morgan fingerprint density at radius 3 is 2.34 bits per heavy atom. The molecular formula is C19H30N4O5S. The van der Waals surface area contributed by atoms with Gasteiger partial charge in [-0.05, 0) is 50.7 Å². The van der Waals surface area contributed by atoms with Crippen molar-refractivity contribution in [1.29, 1.82) is 0 Å². The summed E-state index contributed by atoms with van der Waals surface area (Å²) < 4.78 is 24.8. The van der Waals surface area contributed by atoms with Crippen LogP contribution in [0, 0.1) is 0 Å². The van der Waals surface area contributed by atoms with Crippen molar-refractivity contribution in [1.82, 2.24) is 14.2 Å². The molecule has 9 nitrogen and oxygen atoms in total. The minimum absolute atomic E-state index is 0.243. The van der Waals surface area contributed by atoms with E-state index in [-0.39, 0.29) is 18.9 Å². The molecule has 0 aromatic carbocycles.